The number of alkyl carbamates (subject to hydrolysis) is 1. The van der Waals surface area contributed by atoms with Gasteiger partial charge in [0.15, 0.2) is 11.5 Å². The Morgan fingerprint density at radius 1 is 1.32 bits per heavy atom. The molecule has 0 aliphatic rings. The van der Waals surface area contributed by atoms with Gasteiger partial charge in [-0.1, -0.05) is 26.8 Å². The van der Waals surface area contributed by atoms with Crippen molar-refractivity contribution in [2.75, 3.05) is 0 Å². The van der Waals surface area contributed by atoms with Crippen LogP contribution in [-0.2, 0) is 11.3 Å². The van der Waals surface area contributed by atoms with Gasteiger partial charge in [-0.05, 0) is 30.0 Å². The number of hydrogen-bond donors (Lipinski definition) is 3. The summed E-state index contributed by atoms with van der Waals surface area (Å²) in [7, 11) is 0. The lowest BCUT2D eigenvalue weighted by atomic mass is 9.90. The average molecular weight is 267 g/mol. The molecule has 1 aromatic rings. The summed E-state index contributed by atoms with van der Waals surface area (Å²) in [5.41, 5.74) is 0.560. The summed E-state index contributed by atoms with van der Waals surface area (Å²) in [5.74, 6) is -0.400. The van der Waals surface area contributed by atoms with E-state index in [0.717, 1.165) is 0 Å². The summed E-state index contributed by atoms with van der Waals surface area (Å²) in [5, 5.41) is 21.1. The van der Waals surface area contributed by atoms with Crippen molar-refractivity contribution in [1.82, 2.24) is 5.32 Å². The Kier molecular flexibility index (Phi) is 4.64. The Labute approximate surface area is 113 Å². The molecule has 0 radical (unpaired) electrons. The molecule has 1 amide bonds. The smallest absolute Gasteiger partial charge is 0.407 e. The van der Waals surface area contributed by atoms with Crippen molar-refractivity contribution in [3.05, 3.63) is 23.8 Å². The monoisotopic (exact) mass is 267 g/mol. The topological polar surface area (TPSA) is 78.8 Å². The Bertz CT molecular complexity index is 451. The summed E-state index contributed by atoms with van der Waals surface area (Å²) in [4.78, 5) is 11.6. The van der Waals surface area contributed by atoms with Gasteiger partial charge in [0.05, 0.1) is 0 Å². The van der Waals surface area contributed by atoms with Crippen molar-refractivity contribution in [2.24, 2.45) is 5.41 Å². The number of nitrogens with one attached hydrogen (secondary N) is 1. The predicted molar refractivity (Wildman–Crippen MR) is 72.0 cm³/mol. The zero-order chi connectivity index (χ0) is 14.6. The minimum absolute atomic E-state index is 0.117. The summed E-state index contributed by atoms with van der Waals surface area (Å²) >= 11 is 0. The first kappa shape index (κ1) is 15.1. The SMILES string of the molecule is C[C@@H](OC(=O)NCc1ccc(O)c(O)c1)C(C)(C)C. The number of rotatable bonds is 3. The zero-order valence-corrected chi connectivity index (χ0v) is 11.7. The second-order valence-corrected chi connectivity index (χ2v) is 5.59. The van der Waals surface area contributed by atoms with E-state index < -0.39 is 6.09 Å². The third-order valence-electron chi connectivity index (χ3n) is 2.98. The summed E-state index contributed by atoms with van der Waals surface area (Å²) in [6.45, 7) is 8.03. The van der Waals surface area contributed by atoms with Gasteiger partial charge in [0, 0.05) is 6.54 Å². The van der Waals surface area contributed by atoms with E-state index in [4.69, 9.17) is 9.84 Å². The van der Waals surface area contributed by atoms with Crippen LogP contribution in [0, 0.1) is 5.41 Å². The van der Waals surface area contributed by atoms with Crippen LogP contribution in [0.2, 0.25) is 0 Å². The van der Waals surface area contributed by atoms with Crippen LogP contribution >= 0.6 is 0 Å². The molecular formula is C14H21NO4. The highest BCUT2D eigenvalue weighted by molar-refractivity contribution is 5.67. The molecule has 0 saturated carbocycles. The van der Waals surface area contributed by atoms with Gasteiger partial charge in [0.2, 0.25) is 0 Å². The lowest BCUT2D eigenvalue weighted by molar-refractivity contribution is 0.0435. The molecule has 1 atom stereocenters. The van der Waals surface area contributed by atoms with Crippen LogP contribution in [0.4, 0.5) is 4.79 Å². The van der Waals surface area contributed by atoms with E-state index in [0.29, 0.717) is 5.56 Å². The Morgan fingerprint density at radius 2 is 1.95 bits per heavy atom. The van der Waals surface area contributed by atoms with Gasteiger partial charge in [-0.2, -0.15) is 0 Å². The maximum Gasteiger partial charge on any atom is 0.407 e. The number of carbonyl (C=O) groups is 1. The molecule has 0 aromatic heterocycles. The van der Waals surface area contributed by atoms with Crippen LogP contribution in [0.5, 0.6) is 11.5 Å². The molecule has 19 heavy (non-hydrogen) atoms. The fourth-order valence-corrected chi connectivity index (χ4v) is 1.23. The summed E-state index contributed by atoms with van der Waals surface area (Å²) in [6.07, 6.45) is -0.712. The maximum atomic E-state index is 11.6. The molecule has 3 N–H and O–H groups in total. The third kappa shape index (κ3) is 4.69. The largest absolute Gasteiger partial charge is 0.504 e. The lowest BCUT2D eigenvalue weighted by Crippen LogP contribution is -2.33. The Balaban J connectivity index is 2.48. The van der Waals surface area contributed by atoms with E-state index in [2.05, 4.69) is 5.32 Å². The molecule has 0 fully saturated rings. The fourth-order valence-electron chi connectivity index (χ4n) is 1.23. The van der Waals surface area contributed by atoms with Crippen LogP contribution < -0.4 is 5.32 Å². The molecule has 0 aliphatic carbocycles. The molecule has 0 saturated heterocycles. The summed E-state index contributed by atoms with van der Waals surface area (Å²) in [6, 6.07) is 4.38. The van der Waals surface area contributed by atoms with Gasteiger partial charge in [0.1, 0.15) is 6.10 Å². The maximum absolute atomic E-state index is 11.6. The Morgan fingerprint density at radius 3 is 2.47 bits per heavy atom. The highest BCUT2D eigenvalue weighted by Crippen LogP contribution is 2.25. The molecule has 0 aliphatic heterocycles. The third-order valence-corrected chi connectivity index (χ3v) is 2.98. The van der Waals surface area contributed by atoms with E-state index in [1.807, 2.05) is 27.7 Å². The van der Waals surface area contributed by atoms with Crippen molar-refractivity contribution >= 4 is 6.09 Å². The average Bonchev–Trinajstić information content (AvgIpc) is 2.29. The molecule has 1 rings (SSSR count). The van der Waals surface area contributed by atoms with Crippen molar-refractivity contribution < 1.29 is 19.7 Å². The predicted octanol–water partition coefficient (Wildman–Crippen LogP) is 2.76. The quantitative estimate of drug-likeness (QED) is 0.736. The second-order valence-electron chi connectivity index (χ2n) is 5.59. The lowest BCUT2D eigenvalue weighted by Gasteiger charge is -2.26. The standard InChI is InChI=1S/C14H21NO4/c1-9(14(2,3)4)19-13(18)15-8-10-5-6-11(16)12(17)7-10/h5-7,9,16-17H,8H2,1-4H3,(H,15,18)/t9-/m1/s1. The van der Waals surface area contributed by atoms with Crippen molar-refractivity contribution in [1.29, 1.82) is 0 Å². The number of amides is 1. The minimum Gasteiger partial charge on any atom is -0.504 e. The van der Waals surface area contributed by atoms with Gasteiger partial charge < -0.3 is 20.3 Å². The first-order valence-electron chi connectivity index (χ1n) is 6.15. The molecule has 106 valence electrons. The van der Waals surface area contributed by atoms with Gasteiger partial charge in [0.25, 0.3) is 0 Å². The van der Waals surface area contributed by atoms with Crippen molar-refractivity contribution in [2.45, 2.75) is 40.3 Å². The van der Waals surface area contributed by atoms with Gasteiger partial charge >= 0.3 is 6.09 Å². The fraction of sp³-hybridized carbons (Fsp3) is 0.500. The number of phenolic OH excluding ortho intramolecular Hbond substituents is 2. The number of hydrogen-bond acceptors (Lipinski definition) is 4. The van der Waals surface area contributed by atoms with Gasteiger partial charge in [-0.25, -0.2) is 4.79 Å². The first-order chi connectivity index (χ1) is 8.70. The molecular weight excluding hydrogens is 246 g/mol. The van der Waals surface area contributed by atoms with E-state index in [-0.39, 0.29) is 29.6 Å². The highest BCUT2D eigenvalue weighted by Gasteiger charge is 2.23. The molecule has 0 heterocycles. The van der Waals surface area contributed by atoms with E-state index in [1.165, 1.54) is 12.1 Å². The molecule has 5 heteroatoms. The molecule has 0 bridgehead atoms. The number of benzene rings is 1. The van der Waals surface area contributed by atoms with Crippen molar-refractivity contribution in [3.8, 4) is 11.5 Å². The normalized spacial score (nSPS) is 12.8. The first-order valence-corrected chi connectivity index (χ1v) is 6.15. The molecule has 5 nitrogen and oxygen atoms in total. The highest BCUT2D eigenvalue weighted by atomic mass is 16.6. The van der Waals surface area contributed by atoms with Crippen LogP contribution in [0.25, 0.3) is 0 Å². The van der Waals surface area contributed by atoms with E-state index in [9.17, 15) is 9.90 Å². The summed E-state index contributed by atoms with van der Waals surface area (Å²) < 4.78 is 5.23. The molecule has 0 spiro atoms. The number of phenols is 2. The van der Waals surface area contributed by atoms with Crippen molar-refractivity contribution in [3.63, 3.8) is 0 Å². The minimum atomic E-state index is -0.505. The Hall–Kier alpha value is -1.91. The molecule has 1 aromatic carbocycles. The molecule has 0 unspecified atom stereocenters. The van der Waals surface area contributed by atoms with Gasteiger partial charge in [-0.3, -0.25) is 0 Å². The van der Waals surface area contributed by atoms with Crippen LogP contribution in [-0.4, -0.2) is 22.4 Å². The van der Waals surface area contributed by atoms with E-state index in [1.54, 1.807) is 6.07 Å². The van der Waals surface area contributed by atoms with Crippen LogP contribution in [0.15, 0.2) is 18.2 Å². The van der Waals surface area contributed by atoms with Crippen LogP contribution in [0.1, 0.15) is 33.3 Å². The number of carbonyl (C=O) groups excluding carboxylic acids is 1. The number of ether oxygens (including phenoxy) is 1. The van der Waals surface area contributed by atoms with Crippen LogP contribution in [0.3, 0.4) is 0 Å². The zero-order valence-electron chi connectivity index (χ0n) is 11.7. The number of aromatic hydroxyl groups is 2. The van der Waals surface area contributed by atoms with Gasteiger partial charge in [-0.15, -0.1) is 0 Å². The van der Waals surface area contributed by atoms with E-state index >= 15 is 0 Å². The second kappa shape index (κ2) is 5.82.